The van der Waals surface area contributed by atoms with Gasteiger partial charge in [-0.15, -0.1) is 10.2 Å². The normalized spacial score (nSPS) is 13.5. The monoisotopic (exact) mass is 498 g/mol. The molecule has 0 unspecified atom stereocenters. The molecule has 2 amide bonds. The van der Waals surface area contributed by atoms with Crippen LogP contribution in [-0.2, 0) is 22.6 Å². The second-order valence-electron chi connectivity index (χ2n) is 7.79. The summed E-state index contributed by atoms with van der Waals surface area (Å²) in [5.74, 6) is -0.583. The molecule has 4 rings (SSSR count). The van der Waals surface area contributed by atoms with Crippen molar-refractivity contribution in [2.24, 2.45) is 0 Å². The highest BCUT2D eigenvalue weighted by atomic mass is 32.2. The van der Waals surface area contributed by atoms with Crippen LogP contribution in [0.15, 0.2) is 53.7 Å². The Bertz CT molecular complexity index is 1160. The summed E-state index contributed by atoms with van der Waals surface area (Å²) < 4.78 is 21.0. The van der Waals surface area contributed by atoms with Crippen molar-refractivity contribution >= 4 is 35.0 Å². The number of nitrogens with zero attached hydrogens (tertiary/aromatic N) is 4. The number of carbonyl (C=O) groups excluding carboxylic acids is 2. The van der Waals surface area contributed by atoms with Crippen LogP contribution in [0.3, 0.4) is 0 Å². The third kappa shape index (κ3) is 6.37. The van der Waals surface area contributed by atoms with Crippen LogP contribution in [0, 0.1) is 5.82 Å². The lowest BCUT2D eigenvalue weighted by Crippen LogP contribution is -2.36. The molecule has 0 bridgehead atoms. The van der Waals surface area contributed by atoms with Gasteiger partial charge in [-0.1, -0.05) is 23.9 Å². The van der Waals surface area contributed by atoms with E-state index >= 15 is 0 Å². The number of thioether (sulfide) groups is 1. The molecule has 1 fully saturated rings. The fourth-order valence-corrected chi connectivity index (χ4v) is 4.50. The average Bonchev–Trinajstić information content (AvgIpc) is 3.29. The SMILES string of the molecule is CCn1c(CNC(=O)c2ccccc2F)nnc1SCC(=O)Nc1ccc(N2CCOCC2)cc1. The van der Waals surface area contributed by atoms with Crippen LogP contribution in [0.1, 0.15) is 23.1 Å². The van der Waals surface area contributed by atoms with Crippen molar-refractivity contribution in [3.05, 3.63) is 65.7 Å². The number of amides is 2. The van der Waals surface area contributed by atoms with Gasteiger partial charge >= 0.3 is 0 Å². The summed E-state index contributed by atoms with van der Waals surface area (Å²) in [7, 11) is 0. The quantitative estimate of drug-likeness (QED) is 0.438. The summed E-state index contributed by atoms with van der Waals surface area (Å²) in [6.45, 7) is 5.73. The Morgan fingerprint density at radius 2 is 1.83 bits per heavy atom. The fraction of sp³-hybridized carbons (Fsp3) is 0.333. The molecule has 0 saturated carbocycles. The molecule has 1 aromatic heterocycles. The van der Waals surface area contributed by atoms with Gasteiger partial charge in [0, 0.05) is 31.0 Å². The van der Waals surface area contributed by atoms with E-state index in [1.54, 1.807) is 6.07 Å². The zero-order valence-electron chi connectivity index (χ0n) is 19.4. The van der Waals surface area contributed by atoms with Gasteiger partial charge in [-0.05, 0) is 43.3 Å². The molecule has 1 aliphatic heterocycles. The van der Waals surface area contributed by atoms with Gasteiger partial charge in [0.05, 0.1) is 31.1 Å². The number of morpholine rings is 1. The molecule has 9 nitrogen and oxygen atoms in total. The van der Waals surface area contributed by atoms with Gasteiger partial charge < -0.3 is 24.8 Å². The molecule has 35 heavy (non-hydrogen) atoms. The van der Waals surface area contributed by atoms with Gasteiger partial charge in [-0.3, -0.25) is 9.59 Å². The van der Waals surface area contributed by atoms with Crippen molar-refractivity contribution in [3.63, 3.8) is 0 Å². The van der Waals surface area contributed by atoms with Crippen molar-refractivity contribution in [3.8, 4) is 0 Å². The molecule has 2 heterocycles. The molecule has 3 aromatic rings. The van der Waals surface area contributed by atoms with E-state index in [-0.39, 0.29) is 23.8 Å². The number of carbonyl (C=O) groups is 2. The topological polar surface area (TPSA) is 101 Å². The van der Waals surface area contributed by atoms with Gasteiger partial charge in [-0.2, -0.15) is 0 Å². The van der Waals surface area contributed by atoms with E-state index < -0.39 is 11.7 Å². The van der Waals surface area contributed by atoms with E-state index in [1.807, 2.05) is 35.8 Å². The van der Waals surface area contributed by atoms with Crippen molar-refractivity contribution in [1.82, 2.24) is 20.1 Å². The highest BCUT2D eigenvalue weighted by molar-refractivity contribution is 7.99. The summed E-state index contributed by atoms with van der Waals surface area (Å²) in [6, 6.07) is 13.5. The molecular weight excluding hydrogens is 471 g/mol. The largest absolute Gasteiger partial charge is 0.378 e. The average molecular weight is 499 g/mol. The molecule has 184 valence electrons. The molecule has 0 aliphatic carbocycles. The third-order valence-corrected chi connectivity index (χ3v) is 6.46. The van der Waals surface area contributed by atoms with Crippen LogP contribution in [0.4, 0.5) is 15.8 Å². The van der Waals surface area contributed by atoms with Crippen molar-refractivity contribution in [2.75, 3.05) is 42.3 Å². The lowest BCUT2D eigenvalue weighted by atomic mass is 10.2. The van der Waals surface area contributed by atoms with Gasteiger partial charge in [-0.25, -0.2) is 4.39 Å². The summed E-state index contributed by atoms with van der Waals surface area (Å²) in [5.41, 5.74) is 1.80. The number of nitrogens with one attached hydrogen (secondary N) is 2. The minimum atomic E-state index is -0.583. The van der Waals surface area contributed by atoms with Crippen molar-refractivity contribution < 1.29 is 18.7 Å². The first-order valence-corrected chi connectivity index (χ1v) is 12.3. The standard InChI is InChI=1S/C24H27FN6O3S/c1-2-31-21(15-26-23(33)19-5-3-4-6-20(19)25)28-29-24(31)35-16-22(32)27-17-7-9-18(10-8-17)30-11-13-34-14-12-30/h3-10H,2,11-16H2,1H3,(H,26,33)(H,27,32). The molecule has 2 N–H and O–H groups in total. The number of benzene rings is 2. The summed E-state index contributed by atoms with van der Waals surface area (Å²) in [5, 5.41) is 14.4. The lowest BCUT2D eigenvalue weighted by molar-refractivity contribution is -0.113. The smallest absolute Gasteiger partial charge is 0.254 e. The van der Waals surface area contributed by atoms with E-state index in [9.17, 15) is 14.0 Å². The molecular formula is C24H27FN6O3S. The predicted octanol–water partition coefficient (Wildman–Crippen LogP) is 2.93. The molecule has 1 saturated heterocycles. The Morgan fingerprint density at radius 3 is 2.54 bits per heavy atom. The van der Waals surface area contributed by atoms with E-state index in [1.165, 1.54) is 30.0 Å². The van der Waals surface area contributed by atoms with Crippen LogP contribution in [0.5, 0.6) is 0 Å². The maximum atomic E-state index is 13.8. The summed E-state index contributed by atoms with van der Waals surface area (Å²) in [4.78, 5) is 27.0. The highest BCUT2D eigenvalue weighted by Gasteiger charge is 2.16. The Labute approximate surface area is 207 Å². The zero-order chi connectivity index (χ0) is 24.6. The molecule has 11 heteroatoms. The van der Waals surface area contributed by atoms with Crippen molar-refractivity contribution in [2.45, 2.75) is 25.2 Å². The van der Waals surface area contributed by atoms with Gasteiger partial charge in [0.15, 0.2) is 11.0 Å². The number of hydrogen-bond donors (Lipinski definition) is 2. The van der Waals surface area contributed by atoms with Crippen molar-refractivity contribution in [1.29, 1.82) is 0 Å². The first-order chi connectivity index (χ1) is 17.0. The predicted molar refractivity (Wildman–Crippen MR) is 132 cm³/mol. The summed E-state index contributed by atoms with van der Waals surface area (Å²) in [6.07, 6.45) is 0. The van der Waals surface area contributed by atoms with Crippen LogP contribution in [0.25, 0.3) is 0 Å². The minimum Gasteiger partial charge on any atom is -0.378 e. The third-order valence-electron chi connectivity index (χ3n) is 5.49. The maximum Gasteiger partial charge on any atom is 0.254 e. The Balaban J connectivity index is 1.29. The highest BCUT2D eigenvalue weighted by Crippen LogP contribution is 2.21. The number of hydrogen-bond acceptors (Lipinski definition) is 7. The van der Waals surface area contributed by atoms with Crippen LogP contribution >= 0.6 is 11.8 Å². The van der Waals surface area contributed by atoms with Gasteiger partial charge in [0.2, 0.25) is 5.91 Å². The zero-order valence-corrected chi connectivity index (χ0v) is 20.2. The molecule has 0 radical (unpaired) electrons. The number of anilines is 2. The van der Waals surface area contributed by atoms with E-state index in [2.05, 4.69) is 25.7 Å². The second kappa shape index (κ2) is 11.8. The second-order valence-corrected chi connectivity index (χ2v) is 8.73. The van der Waals surface area contributed by atoms with E-state index in [0.29, 0.717) is 17.5 Å². The maximum absolute atomic E-state index is 13.8. The van der Waals surface area contributed by atoms with Crippen LogP contribution < -0.4 is 15.5 Å². The first kappa shape index (κ1) is 24.7. The number of halogens is 1. The lowest BCUT2D eigenvalue weighted by Gasteiger charge is -2.28. The Hall–Kier alpha value is -3.44. The van der Waals surface area contributed by atoms with E-state index in [0.717, 1.165) is 37.7 Å². The molecule has 0 atom stereocenters. The first-order valence-electron chi connectivity index (χ1n) is 11.4. The molecule has 0 spiro atoms. The minimum absolute atomic E-state index is 0.0284. The number of rotatable bonds is 9. The number of aromatic nitrogens is 3. The van der Waals surface area contributed by atoms with E-state index in [4.69, 9.17) is 4.74 Å². The molecule has 1 aliphatic rings. The van der Waals surface area contributed by atoms with Crippen LogP contribution in [-0.4, -0.2) is 58.6 Å². The Kier molecular flexibility index (Phi) is 8.32. The molecule has 2 aromatic carbocycles. The Morgan fingerprint density at radius 1 is 1.09 bits per heavy atom. The van der Waals surface area contributed by atoms with Gasteiger partial charge in [0.1, 0.15) is 5.82 Å². The fourth-order valence-electron chi connectivity index (χ4n) is 3.68. The number of ether oxygens (including phenoxy) is 1. The van der Waals surface area contributed by atoms with Gasteiger partial charge in [0.25, 0.3) is 5.91 Å². The van der Waals surface area contributed by atoms with Crippen LogP contribution in [0.2, 0.25) is 0 Å². The summed E-state index contributed by atoms with van der Waals surface area (Å²) >= 11 is 1.26.